The predicted octanol–water partition coefficient (Wildman–Crippen LogP) is 3.98. The van der Waals surface area contributed by atoms with Gasteiger partial charge in [-0.25, -0.2) is 4.99 Å². The highest BCUT2D eigenvalue weighted by Gasteiger charge is 2.25. The third kappa shape index (κ3) is 9.27. The fourth-order valence-electron chi connectivity index (χ4n) is 4.02. The monoisotopic (exact) mass is 570 g/mol. The van der Waals surface area contributed by atoms with E-state index >= 15 is 0 Å². The molecular formula is C25H39IN4O3. The first-order valence-electron chi connectivity index (χ1n) is 11.6. The number of rotatable bonds is 12. The number of hydrogen-bond donors (Lipinski definition) is 1. The van der Waals surface area contributed by atoms with Gasteiger partial charge >= 0.3 is 0 Å². The number of guanidine groups is 1. The van der Waals surface area contributed by atoms with E-state index in [4.69, 9.17) is 18.9 Å². The normalized spacial score (nSPS) is 16.3. The zero-order valence-corrected chi connectivity index (χ0v) is 22.5. The molecule has 0 radical (unpaired) electrons. The minimum atomic E-state index is 0. The number of halogens is 1. The number of likely N-dealkylation sites (tertiary alicyclic amines) is 1. The van der Waals surface area contributed by atoms with Crippen LogP contribution >= 0.6 is 24.0 Å². The van der Waals surface area contributed by atoms with Gasteiger partial charge in [0.05, 0.1) is 39.2 Å². The molecule has 0 bridgehead atoms. The van der Waals surface area contributed by atoms with Crippen molar-refractivity contribution in [1.82, 2.24) is 15.1 Å². The van der Waals surface area contributed by atoms with Crippen LogP contribution in [0.25, 0.3) is 0 Å². The van der Waals surface area contributed by atoms with Crippen LogP contribution < -0.4 is 5.32 Å². The highest BCUT2D eigenvalue weighted by Crippen LogP contribution is 2.18. The zero-order valence-electron chi connectivity index (χ0n) is 20.2. The number of aliphatic imine (C=N–C) groups is 1. The highest BCUT2D eigenvalue weighted by molar-refractivity contribution is 14.0. The van der Waals surface area contributed by atoms with Gasteiger partial charge in [-0.2, -0.15) is 0 Å². The van der Waals surface area contributed by atoms with Crippen LogP contribution in [0, 0.1) is 5.92 Å². The van der Waals surface area contributed by atoms with Gasteiger partial charge in [-0.1, -0.05) is 24.3 Å². The van der Waals surface area contributed by atoms with Gasteiger partial charge in [-0.15, -0.1) is 24.0 Å². The van der Waals surface area contributed by atoms with Crippen LogP contribution in [-0.2, 0) is 29.1 Å². The van der Waals surface area contributed by atoms with Crippen molar-refractivity contribution in [2.24, 2.45) is 10.9 Å². The number of benzene rings is 1. The minimum Gasteiger partial charge on any atom is -0.468 e. The fraction of sp³-hybridized carbons (Fsp3) is 0.560. The highest BCUT2D eigenvalue weighted by atomic mass is 127. The number of ether oxygens (including phenoxy) is 2. The van der Waals surface area contributed by atoms with Crippen molar-refractivity contribution in [3.8, 4) is 0 Å². The third-order valence-corrected chi connectivity index (χ3v) is 5.67. The molecule has 1 fully saturated rings. The van der Waals surface area contributed by atoms with Gasteiger partial charge in [0.15, 0.2) is 5.96 Å². The van der Waals surface area contributed by atoms with E-state index in [2.05, 4.69) is 53.4 Å². The Morgan fingerprint density at radius 3 is 2.73 bits per heavy atom. The maximum atomic E-state index is 5.74. The summed E-state index contributed by atoms with van der Waals surface area (Å²) in [5, 5.41) is 3.47. The van der Waals surface area contributed by atoms with Crippen molar-refractivity contribution in [1.29, 1.82) is 0 Å². The lowest BCUT2D eigenvalue weighted by atomic mass is 10.1. The van der Waals surface area contributed by atoms with Crippen LogP contribution in [0.4, 0.5) is 0 Å². The number of nitrogens with one attached hydrogen (secondary N) is 1. The molecule has 1 aromatic heterocycles. The van der Waals surface area contributed by atoms with E-state index in [1.54, 1.807) is 13.4 Å². The van der Waals surface area contributed by atoms with Crippen LogP contribution in [0.2, 0.25) is 0 Å². The number of nitrogens with zero attached hydrogens (tertiary/aromatic N) is 3. The Kier molecular flexibility index (Phi) is 12.8. The van der Waals surface area contributed by atoms with Gasteiger partial charge in [0.25, 0.3) is 0 Å². The van der Waals surface area contributed by atoms with Gasteiger partial charge in [0.2, 0.25) is 0 Å². The first kappa shape index (κ1) is 27.6. The molecular weight excluding hydrogens is 531 g/mol. The van der Waals surface area contributed by atoms with Crippen LogP contribution in [0.5, 0.6) is 0 Å². The smallest absolute Gasteiger partial charge is 0.194 e. The summed E-state index contributed by atoms with van der Waals surface area (Å²) in [5.74, 6) is 2.51. The summed E-state index contributed by atoms with van der Waals surface area (Å²) in [7, 11) is 3.82. The van der Waals surface area contributed by atoms with Crippen LogP contribution in [-0.4, -0.2) is 69.4 Å². The van der Waals surface area contributed by atoms with Crippen molar-refractivity contribution >= 4 is 29.9 Å². The summed E-state index contributed by atoms with van der Waals surface area (Å²) in [5.41, 5.74) is 2.56. The predicted molar refractivity (Wildman–Crippen MR) is 143 cm³/mol. The molecule has 2 aromatic rings. The standard InChI is InChI=1S/C25H38N4O3.HI/c1-4-26-25(29-12-11-21(17-29)20-31-15-14-30-3)27-16-22-8-5-6-9-23(22)18-28(2)19-24-10-7-13-32-24;/h5-10,13,21H,4,11-12,14-20H2,1-3H3,(H,26,27);1H. The van der Waals surface area contributed by atoms with E-state index in [1.807, 2.05) is 12.1 Å². The number of furan rings is 1. The molecule has 1 saturated heterocycles. The summed E-state index contributed by atoms with van der Waals surface area (Å²) in [4.78, 5) is 9.61. The third-order valence-electron chi connectivity index (χ3n) is 5.67. The molecule has 7 nitrogen and oxygen atoms in total. The molecule has 8 heteroatoms. The largest absolute Gasteiger partial charge is 0.468 e. The molecule has 33 heavy (non-hydrogen) atoms. The molecule has 0 aliphatic carbocycles. The van der Waals surface area contributed by atoms with E-state index in [-0.39, 0.29) is 24.0 Å². The van der Waals surface area contributed by atoms with Gasteiger partial charge in [0.1, 0.15) is 5.76 Å². The quantitative estimate of drug-likeness (QED) is 0.180. The zero-order chi connectivity index (χ0) is 22.6. The van der Waals surface area contributed by atoms with Crippen LogP contribution in [0.1, 0.15) is 30.2 Å². The van der Waals surface area contributed by atoms with E-state index in [1.165, 1.54) is 11.1 Å². The molecule has 1 aromatic carbocycles. The van der Waals surface area contributed by atoms with Crippen LogP contribution in [0.15, 0.2) is 52.1 Å². The van der Waals surface area contributed by atoms with Gasteiger partial charge in [-0.05, 0) is 43.7 Å². The summed E-state index contributed by atoms with van der Waals surface area (Å²) in [6, 6.07) is 12.5. The molecule has 1 N–H and O–H groups in total. The number of hydrogen-bond acceptors (Lipinski definition) is 5. The van der Waals surface area contributed by atoms with Crippen molar-refractivity contribution in [3.05, 3.63) is 59.5 Å². The molecule has 0 amide bonds. The summed E-state index contributed by atoms with van der Waals surface area (Å²) in [6.07, 6.45) is 2.86. The summed E-state index contributed by atoms with van der Waals surface area (Å²) < 4.78 is 16.3. The molecule has 1 aliphatic rings. The summed E-state index contributed by atoms with van der Waals surface area (Å²) >= 11 is 0. The lowest BCUT2D eigenvalue weighted by Gasteiger charge is -2.22. The average Bonchev–Trinajstić information content (AvgIpc) is 3.47. The lowest BCUT2D eigenvalue weighted by Crippen LogP contribution is -2.40. The maximum absolute atomic E-state index is 5.74. The first-order valence-corrected chi connectivity index (χ1v) is 11.6. The second kappa shape index (κ2) is 15.3. The summed E-state index contributed by atoms with van der Waals surface area (Å²) in [6.45, 7) is 9.37. The molecule has 1 unspecified atom stereocenters. The Morgan fingerprint density at radius 2 is 2.00 bits per heavy atom. The Balaban J connectivity index is 0.00000385. The van der Waals surface area contributed by atoms with Crippen molar-refractivity contribution < 1.29 is 13.9 Å². The lowest BCUT2D eigenvalue weighted by molar-refractivity contribution is 0.0536. The molecule has 0 saturated carbocycles. The first-order chi connectivity index (χ1) is 15.7. The van der Waals surface area contributed by atoms with E-state index in [0.717, 1.165) is 57.5 Å². The second-order valence-electron chi connectivity index (χ2n) is 8.36. The van der Waals surface area contributed by atoms with E-state index < -0.39 is 0 Å². The molecule has 2 heterocycles. The second-order valence-corrected chi connectivity index (χ2v) is 8.36. The average molecular weight is 571 g/mol. The fourth-order valence-corrected chi connectivity index (χ4v) is 4.02. The maximum Gasteiger partial charge on any atom is 0.194 e. The van der Waals surface area contributed by atoms with Gasteiger partial charge < -0.3 is 24.1 Å². The van der Waals surface area contributed by atoms with Gasteiger partial charge in [0, 0.05) is 39.2 Å². The number of methoxy groups -OCH3 is 1. The van der Waals surface area contributed by atoms with E-state index in [9.17, 15) is 0 Å². The van der Waals surface area contributed by atoms with Gasteiger partial charge in [-0.3, -0.25) is 4.90 Å². The van der Waals surface area contributed by atoms with E-state index in [0.29, 0.717) is 25.7 Å². The Morgan fingerprint density at radius 1 is 1.18 bits per heavy atom. The molecule has 3 rings (SSSR count). The molecule has 1 aliphatic heterocycles. The minimum absolute atomic E-state index is 0. The SMILES string of the molecule is CCNC(=NCc1ccccc1CN(C)Cc1ccco1)N1CCC(COCCOC)C1.I. The molecule has 0 spiro atoms. The van der Waals surface area contributed by atoms with Crippen molar-refractivity contribution in [3.63, 3.8) is 0 Å². The molecule has 1 atom stereocenters. The Labute approximate surface area is 215 Å². The van der Waals surface area contributed by atoms with Crippen LogP contribution in [0.3, 0.4) is 0 Å². The topological polar surface area (TPSA) is 62.5 Å². The van der Waals surface area contributed by atoms with Crippen molar-refractivity contribution in [2.75, 3.05) is 53.6 Å². The molecule has 184 valence electrons. The van der Waals surface area contributed by atoms with Crippen molar-refractivity contribution in [2.45, 2.75) is 33.0 Å². The Hall–Kier alpha value is -1.62. The Bertz CT molecular complexity index is 816.